The van der Waals surface area contributed by atoms with Gasteiger partial charge in [0.1, 0.15) is 11.6 Å². The molecule has 0 bridgehead atoms. The number of phenolic OH excluding ortho intramolecular Hbond substituents is 1. The fraction of sp³-hybridized carbons (Fsp3) is 0.357. The first-order chi connectivity index (χ1) is 7.95. The van der Waals surface area contributed by atoms with Crippen LogP contribution in [0.4, 0.5) is 4.39 Å². The Balaban J connectivity index is 2.56. The van der Waals surface area contributed by atoms with Gasteiger partial charge in [-0.25, -0.2) is 4.39 Å². The first-order valence-corrected chi connectivity index (χ1v) is 5.64. The Hall–Kier alpha value is -1.64. The Labute approximate surface area is 99.8 Å². The minimum atomic E-state index is -0.683. The van der Waals surface area contributed by atoms with Crippen LogP contribution in [0.25, 0.3) is 5.57 Å². The Kier molecular flexibility index (Phi) is 2.77. The molecular weight excluding hydrogens is 219 g/mol. The summed E-state index contributed by atoms with van der Waals surface area (Å²) in [6, 6.07) is 2.44. The van der Waals surface area contributed by atoms with E-state index in [4.69, 9.17) is 0 Å². The van der Waals surface area contributed by atoms with Gasteiger partial charge in [0.05, 0.1) is 5.56 Å². The van der Waals surface area contributed by atoms with Crippen LogP contribution in [0.3, 0.4) is 0 Å². The zero-order valence-electron chi connectivity index (χ0n) is 9.96. The number of allylic oxidation sites excluding steroid dienone is 2. The highest BCUT2D eigenvalue weighted by molar-refractivity contribution is 5.82. The highest BCUT2D eigenvalue weighted by Crippen LogP contribution is 2.46. The second kappa shape index (κ2) is 3.99. The third-order valence-corrected chi connectivity index (χ3v) is 3.38. The van der Waals surface area contributed by atoms with E-state index in [1.165, 1.54) is 6.07 Å². The van der Waals surface area contributed by atoms with Crippen LogP contribution in [-0.2, 0) is 0 Å². The van der Waals surface area contributed by atoms with Crippen molar-refractivity contribution in [1.29, 1.82) is 0 Å². The maximum absolute atomic E-state index is 13.3. The molecule has 17 heavy (non-hydrogen) atoms. The molecule has 0 saturated carbocycles. The number of aldehydes is 1. The molecule has 3 heteroatoms. The van der Waals surface area contributed by atoms with Crippen LogP contribution >= 0.6 is 0 Å². The van der Waals surface area contributed by atoms with Gasteiger partial charge in [-0.05, 0) is 29.9 Å². The van der Waals surface area contributed by atoms with Crippen molar-refractivity contribution in [2.45, 2.75) is 26.7 Å². The number of hydrogen-bond donors (Lipinski definition) is 1. The van der Waals surface area contributed by atoms with E-state index in [9.17, 15) is 14.3 Å². The van der Waals surface area contributed by atoms with E-state index in [2.05, 4.69) is 13.8 Å². The van der Waals surface area contributed by atoms with Crippen LogP contribution in [0.15, 0.2) is 18.2 Å². The fourth-order valence-electron chi connectivity index (χ4n) is 2.35. The van der Waals surface area contributed by atoms with E-state index in [1.807, 2.05) is 6.08 Å². The average Bonchev–Trinajstić information content (AvgIpc) is 2.59. The average molecular weight is 234 g/mol. The normalized spacial score (nSPS) is 17.9. The van der Waals surface area contributed by atoms with E-state index < -0.39 is 5.82 Å². The number of hydrogen-bond acceptors (Lipinski definition) is 2. The summed E-state index contributed by atoms with van der Waals surface area (Å²) in [6.45, 7) is 4.16. The second-order valence-corrected chi connectivity index (χ2v) is 5.05. The molecule has 0 unspecified atom stereocenters. The predicted molar refractivity (Wildman–Crippen MR) is 64.4 cm³/mol. The molecule has 1 aliphatic rings. The Morgan fingerprint density at radius 3 is 2.65 bits per heavy atom. The van der Waals surface area contributed by atoms with Crippen molar-refractivity contribution in [1.82, 2.24) is 0 Å². The molecule has 0 heterocycles. The lowest BCUT2D eigenvalue weighted by Crippen LogP contribution is -2.09. The number of halogens is 1. The molecule has 0 amide bonds. The Bertz CT molecular complexity index is 501. The van der Waals surface area contributed by atoms with Gasteiger partial charge in [-0.2, -0.15) is 0 Å². The summed E-state index contributed by atoms with van der Waals surface area (Å²) in [5.41, 5.74) is 1.49. The lowest BCUT2D eigenvalue weighted by molar-refractivity contribution is 0.111. The van der Waals surface area contributed by atoms with Crippen LogP contribution < -0.4 is 0 Å². The zero-order chi connectivity index (χ0) is 12.6. The first-order valence-electron chi connectivity index (χ1n) is 5.64. The summed E-state index contributed by atoms with van der Waals surface area (Å²) in [5.74, 6) is -0.785. The van der Waals surface area contributed by atoms with Crippen LogP contribution in [0, 0.1) is 11.2 Å². The maximum atomic E-state index is 13.3. The number of carbonyl (C=O) groups excluding carboxylic acids is 1. The quantitative estimate of drug-likeness (QED) is 0.794. The lowest BCUT2D eigenvalue weighted by atomic mass is 9.81. The predicted octanol–water partition coefficient (Wildman–Crippen LogP) is 3.55. The zero-order valence-corrected chi connectivity index (χ0v) is 9.96. The van der Waals surface area contributed by atoms with Gasteiger partial charge in [0.15, 0.2) is 6.29 Å². The number of aromatic hydroxyl groups is 1. The van der Waals surface area contributed by atoms with E-state index in [0.717, 1.165) is 24.5 Å². The summed E-state index contributed by atoms with van der Waals surface area (Å²) in [7, 11) is 0. The molecule has 2 rings (SSSR count). The molecule has 0 atom stereocenters. The van der Waals surface area contributed by atoms with Crippen molar-refractivity contribution in [3.05, 3.63) is 35.2 Å². The van der Waals surface area contributed by atoms with Gasteiger partial charge in [0.25, 0.3) is 0 Å². The minimum Gasteiger partial charge on any atom is -0.507 e. The first kappa shape index (κ1) is 11.8. The monoisotopic (exact) mass is 234 g/mol. The summed E-state index contributed by atoms with van der Waals surface area (Å²) in [4.78, 5) is 10.7. The summed E-state index contributed by atoms with van der Waals surface area (Å²) in [5, 5.41) is 9.81. The topological polar surface area (TPSA) is 37.3 Å². The molecular formula is C14H15FO2. The molecule has 0 aliphatic heterocycles. The number of phenols is 1. The van der Waals surface area contributed by atoms with Crippen molar-refractivity contribution < 1.29 is 14.3 Å². The molecule has 0 saturated heterocycles. The lowest BCUT2D eigenvalue weighted by Gasteiger charge is -2.23. The van der Waals surface area contributed by atoms with Gasteiger partial charge in [0, 0.05) is 11.6 Å². The maximum Gasteiger partial charge on any atom is 0.153 e. The number of benzene rings is 1. The molecule has 0 aromatic heterocycles. The molecule has 1 aromatic rings. The van der Waals surface area contributed by atoms with E-state index >= 15 is 0 Å². The van der Waals surface area contributed by atoms with E-state index in [-0.39, 0.29) is 16.7 Å². The summed E-state index contributed by atoms with van der Waals surface area (Å²) in [6.07, 6.45) is 4.45. The second-order valence-electron chi connectivity index (χ2n) is 5.05. The van der Waals surface area contributed by atoms with Gasteiger partial charge >= 0.3 is 0 Å². The van der Waals surface area contributed by atoms with Crippen LogP contribution in [0.2, 0.25) is 0 Å². The van der Waals surface area contributed by atoms with Crippen molar-refractivity contribution in [2.24, 2.45) is 5.41 Å². The minimum absolute atomic E-state index is 0.0126. The number of carbonyl (C=O) groups is 1. The molecule has 0 radical (unpaired) electrons. The molecule has 0 spiro atoms. The van der Waals surface area contributed by atoms with Crippen molar-refractivity contribution in [2.75, 3.05) is 0 Å². The van der Waals surface area contributed by atoms with Crippen molar-refractivity contribution >= 4 is 11.9 Å². The van der Waals surface area contributed by atoms with Crippen molar-refractivity contribution in [3.63, 3.8) is 0 Å². The smallest absolute Gasteiger partial charge is 0.153 e. The largest absolute Gasteiger partial charge is 0.507 e. The molecule has 1 aliphatic carbocycles. The van der Waals surface area contributed by atoms with Gasteiger partial charge in [-0.15, -0.1) is 0 Å². The van der Waals surface area contributed by atoms with Gasteiger partial charge < -0.3 is 5.11 Å². The van der Waals surface area contributed by atoms with Gasteiger partial charge in [-0.3, -0.25) is 4.79 Å². The molecule has 90 valence electrons. The SMILES string of the molecule is CC1(C)CCC=C1c1cc(C=O)c(F)cc1O. The summed E-state index contributed by atoms with van der Waals surface area (Å²) >= 11 is 0. The highest BCUT2D eigenvalue weighted by Gasteiger charge is 2.30. The molecule has 1 N–H and O–H groups in total. The van der Waals surface area contributed by atoms with Crippen LogP contribution in [-0.4, -0.2) is 11.4 Å². The fourth-order valence-corrected chi connectivity index (χ4v) is 2.35. The molecule has 2 nitrogen and oxygen atoms in total. The standard InChI is InChI=1S/C14H15FO2/c1-14(2)5-3-4-11(14)10-6-9(8-16)12(15)7-13(10)17/h4,6-8,17H,3,5H2,1-2H3. The number of rotatable bonds is 2. The highest BCUT2D eigenvalue weighted by atomic mass is 19.1. The van der Waals surface area contributed by atoms with Crippen LogP contribution in [0.1, 0.15) is 42.6 Å². The van der Waals surface area contributed by atoms with Gasteiger partial charge in [0.2, 0.25) is 0 Å². The Morgan fingerprint density at radius 2 is 2.12 bits per heavy atom. The molecule has 0 fully saturated rings. The third kappa shape index (κ3) is 1.97. The van der Waals surface area contributed by atoms with E-state index in [1.54, 1.807) is 0 Å². The van der Waals surface area contributed by atoms with Gasteiger partial charge in [-0.1, -0.05) is 19.9 Å². The van der Waals surface area contributed by atoms with E-state index in [0.29, 0.717) is 11.8 Å². The third-order valence-electron chi connectivity index (χ3n) is 3.38. The van der Waals surface area contributed by atoms with Crippen molar-refractivity contribution in [3.8, 4) is 5.75 Å². The molecule has 1 aromatic carbocycles. The van der Waals surface area contributed by atoms with Crippen LogP contribution in [0.5, 0.6) is 5.75 Å². The summed E-state index contributed by atoms with van der Waals surface area (Å²) < 4.78 is 13.3. The Morgan fingerprint density at radius 1 is 1.41 bits per heavy atom.